The number of nitrogens with one attached hydrogen (secondary N) is 1. The molecule has 2 amide bonds. The summed E-state index contributed by atoms with van der Waals surface area (Å²) in [4.78, 5) is 33.9. The fourth-order valence-corrected chi connectivity index (χ4v) is 4.99. The van der Waals surface area contributed by atoms with Crippen molar-refractivity contribution in [3.05, 3.63) is 66.0 Å². The van der Waals surface area contributed by atoms with Crippen LogP contribution in [0.15, 0.2) is 54.9 Å². The Balaban J connectivity index is 0.00000186. The molecule has 2 aliphatic rings. The number of likely N-dealkylation sites (tertiary alicyclic amines) is 2. The molecule has 7 nitrogen and oxygen atoms in total. The number of rotatable bonds is 10. The number of pyridine rings is 1. The van der Waals surface area contributed by atoms with Gasteiger partial charge in [-0.25, -0.2) is 0 Å². The van der Waals surface area contributed by atoms with Crippen molar-refractivity contribution in [2.45, 2.75) is 71.6 Å². The first kappa shape index (κ1) is 28.8. The molecule has 2 fully saturated rings. The Kier molecular flexibility index (Phi) is 12.6. The van der Waals surface area contributed by atoms with Gasteiger partial charge in [0.25, 0.3) is 0 Å². The van der Waals surface area contributed by atoms with Gasteiger partial charge in [0.2, 0.25) is 11.8 Å². The summed E-state index contributed by atoms with van der Waals surface area (Å²) in [5.41, 5.74) is 2.42. The third-order valence-electron chi connectivity index (χ3n) is 7.07. The maximum absolute atomic E-state index is 13.1. The molecule has 0 bridgehead atoms. The van der Waals surface area contributed by atoms with E-state index in [-0.39, 0.29) is 17.9 Å². The van der Waals surface area contributed by atoms with Crippen molar-refractivity contribution in [2.24, 2.45) is 5.92 Å². The largest absolute Gasteiger partial charge is 0.377 e. The summed E-state index contributed by atoms with van der Waals surface area (Å²) >= 11 is 0. The van der Waals surface area contributed by atoms with Crippen LogP contribution in [0.1, 0.15) is 63.5 Å². The number of hydrogen-bond donors (Lipinski definition) is 1. The number of benzene rings is 1. The third-order valence-corrected chi connectivity index (χ3v) is 7.07. The van der Waals surface area contributed by atoms with Crippen LogP contribution in [0.4, 0.5) is 0 Å². The van der Waals surface area contributed by atoms with E-state index in [9.17, 15) is 9.59 Å². The van der Waals surface area contributed by atoms with Gasteiger partial charge in [0.15, 0.2) is 0 Å². The van der Waals surface area contributed by atoms with Crippen molar-refractivity contribution in [2.75, 3.05) is 32.8 Å². The Morgan fingerprint density at radius 1 is 0.919 bits per heavy atom. The first-order valence-electron chi connectivity index (χ1n) is 14.0. The van der Waals surface area contributed by atoms with Crippen LogP contribution in [0.25, 0.3) is 0 Å². The maximum atomic E-state index is 13.1. The molecule has 37 heavy (non-hydrogen) atoms. The molecule has 2 aromatic rings. The minimum Gasteiger partial charge on any atom is -0.377 e. The molecule has 0 spiro atoms. The van der Waals surface area contributed by atoms with Gasteiger partial charge in [0.05, 0.1) is 6.61 Å². The molecule has 0 atom stereocenters. The quantitative estimate of drug-likeness (QED) is 0.481. The minimum absolute atomic E-state index is 0.0830. The number of nitrogens with zero attached hydrogens (tertiary/aromatic N) is 3. The molecule has 1 aromatic heterocycles. The van der Waals surface area contributed by atoms with Gasteiger partial charge in [-0.05, 0) is 68.5 Å². The minimum atomic E-state index is 0.0830. The molecule has 7 heteroatoms. The lowest BCUT2D eigenvalue weighted by Crippen LogP contribution is -2.49. The first-order valence-corrected chi connectivity index (χ1v) is 14.0. The van der Waals surface area contributed by atoms with Gasteiger partial charge < -0.3 is 15.0 Å². The molecule has 2 aliphatic heterocycles. The molecule has 1 aromatic carbocycles. The highest BCUT2D eigenvalue weighted by atomic mass is 16.5. The molecule has 4 rings (SSSR count). The van der Waals surface area contributed by atoms with Gasteiger partial charge in [-0.2, -0.15) is 0 Å². The van der Waals surface area contributed by atoms with E-state index in [0.29, 0.717) is 25.5 Å². The van der Waals surface area contributed by atoms with Gasteiger partial charge >= 0.3 is 0 Å². The van der Waals surface area contributed by atoms with Crippen molar-refractivity contribution in [3.63, 3.8) is 0 Å². The van der Waals surface area contributed by atoms with Gasteiger partial charge in [0.1, 0.15) is 0 Å². The lowest BCUT2D eigenvalue weighted by Gasteiger charge is -2.37. The van der Waals surface area contributed by atoms with Gasteiger partial charge in [-0.3, -0.25) is 19.5 Å². The van der Waals surface area contributed by atoms with Crippen LogP contribution in [0.5, 0.6) is 0 Å². The van der Waals surface area contributed by atoms with Crippen molar-refractivity contribution in [1.29, 1.82) is 0 Å². The molecule has 0 radical (unpaired) electrons. The average Bonchev–Trinajstić information content (AvgIpc) is 2.95. The van der Waals surface area contributed by atoms with Crippen LogP contribution in [0, 0.1) is 5.92 Å². The Labute approximate surface area is 222 Å². The Morgan fingerprint density at radius 2 is 1.59 bits per heavy atom. The zero-order valence-corrected chi connectivity index (χ0v) is 22.6. The topological polar surface area (TPSA) is 74.8 Å². The second-order valence-corrected chi connectivity index (χ2v) is 9.71. The SMILES string of the molecule is CC.O=C(CCCOCc1ccccc1)NC1CCN(C(=O)C2CCN(Cc3ccncc3)CC2)CC1. The van der Waals surface area contributed by atoms with Crippen molar-refractivity contribution < 1.29 is 14.3 Å². The van der Waals surface area contributed by atoms with E-state index >= 15 is 0 Å². The highest BCUT2D eigenvalue weighted by Gasteiger charge is 2.31. The fourth-order valence-electron chi connectivity index (χ4n) is 4.99. The van der Waals surface area contributed by atoms with E-state index in [1.165, 1.54) is 5.56 Å². The average molecular weight is 509 g/mol. The van der Waals surface area contributed by atoms with Crippen LogP contribution in [-0.2, 0) is 27.5 Å². The molecule has 0 unspecified atom stereocenters. The van der Waals surface area contributed by atoms with E-state index in [0.717, 1.165) is 70.4 Å². The highest BCUT2D eigenvalue weighted by molar-refractivity contribution is 5.79. The van der Waals surface area contributed by atoms with Gasteiger partial charge in [-0.15, -0.1) is 0 Å². The zero-order valence-electron chi connectivity index (χ0n) is 22.6. The number of hydrogen-bond acceptors (Lipinski definition) is 5. The van der Waals surface area contributed by atoms with Crippen molar-refractivity contribution in [1.82, 2.24) is 20.1 Å². The smallest absolute Gasteiger partial charge is 0.225 e. The predicted octanol–water partition coefficient (Wildman–Crippen LogP) is 4.42. The second kappa shape index (κ2) is 16.2. The normalized spacial score (nSPS) is 17.1. The summed E-state index contributed by atoms with van der Waals surface area (Å²) in [5.74, 6) is 0.513. The van der Waals surface area contributed by atoms with E-state index < -0.39 is 0 Å². The molecule has 1 N–H and O–H groups in total. The third kappa shape index (κ3) is 9.90. The summed E-state index contributed by atoms with van der Waals surface area (Å²) in [6, 6.07) is 14.3. The number of amides is 2. The molecular formula is C30H44N4O3. The van der Waals surface area contributed by atoms with E-state index in [1.807, 2.05) is 61.5 Å². The maximum Gasteiger partial charge on any atom is 0.225 e. The van der Waals surface area contributed by atoms with Crippen LogP contribution < -0.4 is 5.32 Å². The highest BCUT2D eigenvalue weighted by Crippen LogP contribution is 2.23. The van der Waals surface area contributed by atoms with E-state index in [2.05, 4.69) is 27.3 Å². The van der Waals surface area contributed by atoms with Gasteiger partial charge in [0, 0.05) is 57.0 Å². The second-order valence-electron chi connectivity index (χ2n) is 9.71. The monoisotopic (exact) mass is 508 g/mol. The summed E-state index contributed by atoms with van der Waals surface area (Å²) in [6.07, 6.45) is 8.38. The van der Waals surface area contributed by atoms with Crippen LogP contribution in [-0.4, -0.2) is 65.4 Å². The van der Waals surface area contributed by atoms with Crippen molar-refractivity contribution >= 4 is 11.8 Å². The Morgan fingerprint density at radius 3 is 2.27 bits per heavy atom. The molecular weight excluding hydrogens is 464 g/mol. The van der Waals surface area contributed by atoms with Crippen LogP contribution in [0.2, 0.25) is 0 Å². The number of carbonyl (C=O) groups excluding carboxylic acids is 2. The lowest BCUT2D eigenvalue weighted by atomic mass is 9.93. The van der Waals surface area contributed by atoms with Gasteiger partial charge in [-0.1, -0.05) is 44.2 Å². The number of ether oxygens (including phenoxy) is 1. The van der Waals surface area contributed by atoms with E-state index in [4.69, 9.17) is 4.74 Å². The predicted molar refractivity (Wildman–Crippen MR) is 147 cm³/mol. The van der Waals surface area contributed by atoms with Crippen LogP contribution >= 0.6 is 0 Å². The fraction of sp³-hybridized carbons (Fsp3) is 0.567. The summed E-state index contributed by atoms with van der Waals surface area (Å²) < 4.78 is 5.66. The standard InChI is InChI=1S/C28H38N4O3.C2H6/c33-27(7-4-20-35-22-24-5-2-1-3-6-24)30-26-12-18-32(19-13-26)28(34)25-10-16-31(17-11-25)21-23-8-14-29-15-9-23;1-2/h1-3,5-6,8-9,14-15,25-26H,4,7,10-13,16-22H2,(H,30,33);1-2H3. The zero-order chi connectivity index (χ0) is 26.3. The Hall–Kier alpha value is -2.77. The lowest BCUT2D eigenvalue weighted by molar-refractivity contribution is -0.138. The number of piperidine rings is 2. The molecule has 3 heterocycles. The molecule has 202 valence electrons. The first-order chi connectivity index (χ1) is 18.2. The summed E-state index contributed by atoms with van der Waals surface area (Å²) in [5, 5.41) is 3.15. The molecule has 0 aliphatic carbocycles. The summed E-state index contributed by atoms with van der Waals surface area (Å²) in [6.45, 7) is 9.48. The van der Waals surface area contributed by atoms with Crippen LogP contribution in [0.3, 0.4) is 0 Å². The number of carbonyl (C=O) groups is 2. The number of aromatic nitrogens is 1. The van der Waals surface area contributed by atoms with E-state index in [1.54, 1.807) is 0 Å². The Bertz CT molecular complexity index is 909. The molecule has 0 saturated carbocycles. The summed E-state index contributed by atoms with van der Waals surface area (Å²) in [7, 11) is 0. The molecule has 2 saturated heterocycles. The van der Waals surface area contributed by atoms with Crippen molar-refractivity contribution in [3.8, 4) is 0 Å².